The van der Waals surface area contributed by atoms with E-state index in [-0.39, 0.29) is 0 Å². The summed E-state index contributed by atoms with van der Waals surface area (Å²) in [5, 5.41) is 7.57. The van der Waals surface area contributed by atoms with E-state index in [1.54, 1.807) is 0 Å². The lowest BCUT2D eigenvalue weighted by atomic mass is 9.85. The van der Waals surface area contributed by atoms with Crippen LogP contribution in [0.3, 0.4) is 0 Å². The van der Waals surface area contributed by atoms with E-state index in [4.69, 9.17) is 10.3 Å². The molecule has 2 aromatic rings. The summed E-state index contributed by atoms with van der Waals surface area (Å²) < 4.78 is 5.43. The van der Waals surface area contributed by atoms with Crippen molar-refractivity contribution in [3.63, 3.8) is 0 Å². The minimum absolute atomic E-state index is 0.546. The van der Waals surface area contributed by atoms with Crippen LogP contribution >= 0.6 is 0 Å². The number of aromatic nitrogens is 2. The summed E-state index contributed by atoms with van der Waals surface area (Å²) in [5.41, 5.74) is 7.69. The highest BCUT2D eigenvalue weighted by atomic mass is 16.5. The lowest BCUT2D eigenvalue weighted by Crippen LogP contribution is -2.33. The van der Waals surface area contributed by atoms with E-state index < -0.39 is 0 Å². The average Bonchev–Trinajstić information content (AvgIpc) is 3.04. The molecule has 5 nitrogen and oxygen atoms in total. The van der Waals surface area contributed by atoms with Gasteiger partial charge in [0.2, 0.25) is 11.7 Å². The fourth-order valence-corrected chi connectivity index (χ4v) is 3.05. The molecule has 2 unspecified atom stereocenters. The zero-order valence-corrected chi connectivity index (χ0v) is 13.1. The van der Waals surface area contributed by atoms with Crippen LogP contribution < -0.4 is 11.1 Å². The summed E-state index contributed by atoms with van der Waals surface area (Å²) in [5.74, 6) is 2.65. The minimum Gasteiger partial charge on any atom is -0.339 e. The summed E-state index contributed by atoms with van der Waals surface area (Å²) in [4.78, 5) is 4.54. The summed E-state index contributed by atoms with van der Waals surface area (Å²) in [6, 6.07) is 7.99. The standard InChI is InChI=1S/C17H24N4O/c1-12(15-3-2-8-19-11-15)9-16-20-17(21-22-16)14-6-4-13(10-18)5-7-14/h4-7,12,15,19H,2-3,8-11,18H2,1H3. The number of hydrogen-bond acceptors (Lipinski definition) is 5. The van der Waals surface area contributed by atoms with E-state index in [1.165, 1.54) is 12.8 Å². The maximum absolute atomic E-state index is 5.61. The summed E-state index contributed by atoms with van der Waals surface area (Å²) in [6.45, 7) is 5.07. The zero-order chi connectivity index (χ0) is 15.4. The molecular weight excluding hydrogens is 276 g/mol. The molecule has 1 aliphatic heterocycles. The van der Waals surface area contributed by atoms with Crippen molar-refractivity contribution in [1.29, 1.82) is 0 Å². The van der Waals surface area contributed by atoms with Gasteiger partial charge in [-0.15, -0.1) is 0 Å². The molecule has 0 spiro atoms. The molecule has 0 aliphatic carbocycles. The predicted molar refractivity (Wildman–Crippen MR) is 86.1 cm³/mol. The molecule has 2 atom stereocenters. The molecule has 3 rings (SSSR count). The van der Waals surface area contributed by atoms with Crippen molar-refractivity contribution in [3.05, 3.63) is 35.7 Å². The van der Waals surface area contributed by atoms with Crippen molar-refractivity contribution < 1.29 is 4.52 Å². The molecule has 1 fully saturated rings. The van der Waals surface area contributed by atoms with Crippen molar-refractivity contribution in [2.24, 2.45) is 17.6 Å². The molecule has 118 valence electrons. The Balaban J connectivity index is 1.64. The molecule has 0 bridgehead atoms. The number of benzene rings is 1. The van der Waals surface area contributed by atoms with Gasteiger partial charge < -0.3 is 15.6 Å². The number of nitrogens with two attached hydrogens (primary N) is 1. The maximum atomic E-state index is 5.61. The quantitative estimate of drug-likeness (QED) is 0.886. The molecule has 22 heavy (non-hydrogen) atoms. The number of rotatable bonds is 5. The van der Waals surface area contributed by atoms with Crippen LogP contribution in [-0.4, -0.2) is 23.2 Å². The third kappa shape index (κ3) is 3.54. The van der Waals surface area contributed by atoms with E-state index >= 15 is 0 Å². The highest BCUT2D eigenvalue weighted by Crippen LogP contribution is 2.24. The molecule has 5 heteroatoms. The van der Waals surface area contributed by atoms with Gasteiger partial charge in [-0.05, 0) is 43.3 Å². The highest BCUT2D eigenvalue weighted by Gasteiger charge is 2.22. The molecule has 1 aromatic heterocycles. The molecule has 0 amide bonds. The highest BCUT2D eigenvalue weighted by molar-refractivity contribution is 5.54. The molecule has 1 aromatic carbocycles. The molecule has 3 N–H and O–H groups in total. The summed E-state index contributed by atoms with van der Waals surface area (Å²) in [6.07, 6.45) is 3.40. The van der Waals surface area contributed by atoms with E-state index in [9.17, 15) is 0 Å². The Labute approximate surface area is 131 Å². The van der Waals surface area contributed by atoms with Crippen molar-refractivity contribution in [2.75, 3.05) is 13.1 Å². The largest absolute Gasteiger partial charge is 0.339 e. The lowest BCUT2D eigenvalue weighted by molar-refractivity contribution is 0.257. The first-order valence-electron chi connectivity index (χ1n) is 8.09. The molecule has 0 radical (unpaired) electrons. The normalized spacial score (nSPS) is 20.0. The van der Waals surface area contributed by atoms with Crippen LogP contribution in [0.2, 0.25) is 0 Å². The Kier molecular flexibility index (Phi) is 4.85. The van der Waals surface area contributed by atoms with E-state index in [0.29, 0.717) is 24.2 Å². The van der Waals surface area contributed by atoms with Crippen LogP contribution in [0.25, 0.3) is 11.4 Å². The third-order valence-corrected chi connectivity index (χ3v) is 4.55. The van der Waals surface area contributed by atoms with Gasteiger partial charge in [0.15, 0.2) is 0 Å². The first kappa shape index (κ1) is 15.2. The zero-order valence-electron chi connectivity index (χ0n) is 13.1. The smallest absolute Gasteiger partial charge is 0.227 e. The van der Waals surface area contributed by atoms with Crippen molar-refractivity contribution in [3.8, 4) is 11.4 Å². The van der Waals surface area contributed by atoms with Crippen molar-refractivity contribution >= 4 is 0 Å². The number of nitrogens with zero attached hydrogens (tertiary/aromatic N) is 2. The van der Waals surface area contributed by atoms with Gasteiger partial charge in [0.25, 0.3) is 0 Å². The van der Waals surface area contributed by atoms with E-state index in [0.717, 1.165) is 36.5 Å². The summed E-state index contributed by atoms with van der Waals surface area (Å²) in [7, 11) is 0. The Morgan fingerprint density at radius 3 is 2.86 bits per heavy atom. The summed E-state index contributed by atoms with van der Waals surface area (Å²) >= 11 is 0. The van der Waals surface area contributed by atoms with Crippen LogP contribution in [0.5, 0.6) is 0 Å². The Morgan fingerprint density at radius 2 is 2.18 bits per heavy atom. The number of nitrogens with one attached hydrogen (secondary N) is 1. The van der Waals surface area contributed by atoms with Gasteiger partial charge in [0.05, 0.1) is 0 Å². The lowest BCUT2D eigenvalue weighted by Gasteiger charge is -2.27. The Morgan fingerprint density at radius 1 is 1.36 bits per heavy atom. The SMILES string of the molecule is CC(Cc1nc(-c2ccc(CN)cc2)no1)C1CCCNC1. The molecular formula is C17H24N4O. The van der Waals surface area contributed by atoms with Gasteiger partial charge >= 0.3 is 0 Å². The molecule has 2 heterocycles. The predicted octanol–water partition coefficient (Wildman–Crippen LogP) is 2.37. The first-order valence-corrected chi connectivity index (χ1v) is 8.09. The number of hydrogen-bond donors (Lipinski definition) is 2. The van der Waals surface area contributed by atoms with E-state index in [1.807, 2.05) is 24.3 Å². The molecule has 1 aliphatic rings. The topological polar surface area (TPSA) is 77.0 Å². The molecule has 1 saturated heterocycles. The second-order valence-corrected chi connectivity index (χ2v) is 6.20. The van der Waals surface area contributed by atoms with Crippen LogP contribution in [0, 0.1) is 11.8 Å². The molecule has 0 saturated carbocycles. The van der Waals surface area contributed by atoms with Crippen LogP contribution in [0.1, 0.15) is 31.2 Å². The van der Waals surface area contributed by atoms with Gasteiger partial charge in [0.1, 0.15) is 0 Å². The monoisotopic (exact) mass is 300 g/mol. The van der Waals surface area contributed by atoms with Crippen molar-refractivity contribution in [1.82, 2.24) is 15.5 Å². The third-order valence-electron chi connectivity index (χ3n) is 4.55. The average molecular weight is 300 g/mol. The fourth-order valence-electron chi connectivity index (χ4n) is 3.05. The van der Waals surface area contributed by atoms with Crippen LogP contribution in [0.4, 0.5) is 0 Å². The second kappa shape index (κ2) is 7.03. The van der Waals surface area contributed by atoms with Gasteiger partial charge in [-0.2, -0.15) is 4.98 Å². The van der Waals surface area contributed by atoms with Crippen molar-refractivity contribution in [2.45, 2.75) is 32.7 Å². The first-order chi connectivity index (χ1) is 10.8. The van der Waals surface area contributed by atoms with Gasteiger partial charge in [-0.25, -0.2) is 0 Å². The Hall–Kier alpha value is -1.72. The maximum Gasteiger partial charge on any atom is 0.227 e. The van der Waals surface area contributed by atoms with Gasteiger partial charge in [-0.3, -0.25) is 0 Å². The van der Waals surface area contributed by atoms with Crippen LogP contribution in [-0.2, 0) is 13.0 Å². The number of piperidine rings is 1. The second-order valence-electron chi connectivity index (χ2n) is 6.20. The van der Waals surface area contributed by atoms with Gasteiger partial charge in [0, 0.05) is 18.5 Å². The van der Waals surface area contributed by atoms with Crippen LogP contribution in [0.15, 0.2) is 28.8 Å². The minimum atomic E-state index is 0.546. The Bertz CT molecular complexity index is 587. The fraction of sp³-hybridized carbons (Fsp3) is 0.529. The van der Waals surface area contributed by atoms with E-state index in [2.05, 4.69) is 22.4 Å². The van der Waals surface area contributed by atoms with Gasteiger partial charge in [-0.1, -0.05) is 36.3 Å².